The summed E-state index contributed by atoms with van der Waals surface area (Å²) in [5.41, 5.74) is -0.231. The van der Waals surface area contributed by atoms with E-state index in [9.17, 15) is 31.9 Å². The van der Waals surface area contributed by atoms with Gasteiger partial charge in [0, 0.05) is 50.0 Å². The van der Waals surface area contributed by atoms with Crippen LogP contribution in [0.4, 0.5) is 23.2 Å². The van der Waals surface area contributed by atoms with Gasteiger partial charge in [0.15, 0.2) is 6.61 Å². The molecule has 0 atom stereocenters. The average Bonchev–Trinajstić information content (AvgIpc) is 2.88. The summed E-state index contributed by atoms with van der Waals surface area (Å²) in [6.45, 7) is 0.174. The Balaban J connectivity index is 0.00000588. The molecule has 0 saturated heterocycles. The number of carbonyl (C=O) groups excluding carboxylic acids is 3. The van der Waals surface area contributed by atoms with Gasteiger partial charge in [-0.05, 0) is 48.9 Å². The maximum atomic E-state index is 14.2. The quantitative estimate of drug-likeness (QED) is 0.136. The molecule has 0 radical (unpaired) electrons. The van der Waals surface area contributed by atoms with Gasteiger partial charge in [0.1, 0.15) is 11.6 Å². The molecule has 41 heavy (non-hydrogen) atoms. The first-order valence-corrected chi connectivity index (χ1v) is 12.4. The molecule has 3 rings (SSSR count). The van der Waals surface area contributed by atoms with E-state index in [0.717, 1.165) is 12.1 Å². The Kier molecular flexibility index (Phi) is 12.8. The Morgan fingerprint density at radius 2 is 1.73 bits per heavy atom. The number of amides is 2. The van der Waals surface area contributed by atoms with E-state index in [-0.39, 0.29) is 79.3 Å². The van der Waals surface area contributed by atoms with E-state index in [1.807, 2.05) is 0 Å². The molecule has 0 spiro atoms. The molecule has 1 N–H and O–H groups in total. The van der Waals surface area contributed by atoms with Crippen molar-refractivity contribution in [2.75, 3.05) is 19.8 Å². The van der Waals surface area contributed by atoms with Gasteiger partial charge in [0.05, 0.1) is 29.5 Å². The first-order valence-electron chi connectivity index (χ1n) is 11.7. The maximum Gasteiger partial charge on any atom is 0.422 e. The fraction of sp³-hybridized carbons (Fsp3) is 0.222. The number of hydrogen-bond donors (Lipinski definition) is 1. The van der Waals surface area contributed by atoms with Crippen LogP contribution in [-0.4, -0.2) is 43.7 Å². The molecule has 214 valence electrons. The molecule has 7 nitrogen and oxygen atoms in total. The molecule has 0 aliphatic carbocycles. The van der Waals surface area contributed by atoms with Crippen molar-refractivity contribution >= 4 is 46.7 Å². The monoisotopic (exact) mass is 713 g/mol. The van der Waals surface area contributed by atoms with Crippen LogP contribution >= 0.6 is 23.2 Å². The second-order valence-corrected chi connectivity index (χ2v) is 8.92. The molecule has 0 heterocycles. The number of carbonyl (C=O) groups is 3. The Morgan fingerprint density at radius 3 is 2.39 bits per heavy atom. The molecule has 0 bridgehead atoms. The molecule has 3 aromatic carbocycles. The first kappa shape index (κ1) is 34.3. The molecule has 0 unspecified atom stereocenters. The van der Waals surface area contributed by atoms with Crippen LogP contribution in [0.25, 0.3) is 16.4 Å². The number of hydrogen-bond acceptors (Lipinski definition) is 5. The van der Waals surface area contributed by atoms with Gasteiger partial charge in [0.25, 0.3) is 5.91 Å². The zero-order valence-corrected chi connectivity index (χ0v) is 27.0. The summed E-state index contributed by atoms with van der Waals surface area (Å²) in [7, 11) is 0. The van der Waals surface area contributed by atoms with E-state index in [1.165, 1.54) is 42.5 Å². The van der Waals surface area contributed by atoms with Crippen LogP contribution in [0.15, 0.2) is 54.6 Å². The average molecular weight is 713 g/mol. The third kappa shape index (κ3) is 9.85. The number of nitrogens with one attached hydrogen (secondary N) is 1. The Morgan fingerprint density at radius 1 is 1.00 bits per heavy atom. The van der Waals surface area contributed by atoms with Gasteiger partial charge in [-0.15, -0.1) is 0 Å². The van der Waals surface area contributed by atoms with Crippen molar-refractivity contribution in [1.29, 1.82) is 0 Å². The molecule has 2 amide bonds. The van der Waals surface area contributed by atoms with Crippen LogP contribution in [-0.2, 0) is 36.8 Å². The number of nitrogens with zero attached hydrogens (tertiary/aromatic N) is 1. The largest absolute Gasteiger partial charge is 0.620 e. The molecule has 0 aromatic heterocycles. The third-order valence-electron chi connectivity index (χ3n) is 5.21. The van der Waals surface area contributed by atoms with Crippen LogP contribution in [0, 0.1) is 5.82 Å². The van der Waals surface area contributed by atoms with Crippen molar-refractivity contribution < 1.29 is 68.7 Å². The van der Waals surface area contributed by atoms with E-state index in [2.05, 4.69) is 10.6 Å². The van der Waals surface area contributed by atoms with Crippen LogP contribution in [0.5, 0.6) is 5.75 Å². The molecule has 0 aliphatic rings. The molecule has 0 fully saturated rings. The van der Waals surface area contributed by atoms with E-state index >= 15 is 0 Å². The molecule has 3 aromatic rings. The van der Waals surface area contributed by atoms with E-state index in [1.54, 1.807) is 6.92 Å². The predicted molar refractivity (Wildman–Crippen MR) is 141 cm³/mol. The van der Waals surface area contributed by atoms with E-state index in [0.29, 0.717) is 0 Å². The number of benzene rings is 3. The second-order valence-electron chi connectivity index (χ2n) is 8.11. The number of alkyl halides is 3. The van der Waals surface area contributed by atoms with Crippen molar-refractivity contribution in [3.8, 4) is 16.9 Å². The van der Waals surface area contributed by atoms with Crippen LogP contribution in [0.3, 0.4) is 0 Å². The van der Waals surface area contributed by atoms with E-state index < -0.39 is 47.7 Å². The topological polar surface area (TPSA) is 95.8 Å². The van der Waals surface area contributed by atoms with Crippen LogP contribution < -0.4 is 10.1 Å². The summed E-state index contributed by atoms with van der Waals surface area (Å²) in [6.07, 6.45) is -4.76. The standard InChI is InChI=1S/C27H22Cl2F4N2O5.Cd/c1-2-39-23(36)10-11-34-25(37)16-6-8-18(28)17(12-16)15-7-9-21(22(13-15)40-14-27(31,32)33)35-26(38)24-19(29)4-3-5-20(24)30;/h3-9,12-13H,2,10-11,14H2,1H3,(H2,34,35,37,38);/p-1. The SMILES string of the molecule is CCOC(=O)CCNC(=O)c1ccc(Cl)c(-c2ccc([N-]C(=O)c3c(F)cccc3Cl)c(OCC(F)(F)F)c2)c1.[Cd]. The zero-order chi connectivity index (χ0) is 29.4. The van der Waals surface area contributed by atoms with Gasteiger partial charge in [-0.2, -0.15) is 13.2 Å². The van der Waals surface area contributed by atoms with Crippen molar-refractivity contribution in [3.05, 3.63) is 86.9 Å². The summed E-state index contributed by atoms with van der Waals surface area (Å²) in [5, 5.41) is 6.22. The number of esters is 1. The second kappa shape index (κ2) is 15.4. The smallest absolute Gasteiger partial charge is 0.422 e. The molecular formula is C27H21CdCl2F4N2O5-. The van der Waals surface area contributed by atoms with Gasteiger partial charge >= 0.3 is 12.1 Å². The summed E-state index contributed by atoms with van der Waals surface area (Å²) < 4.78 is 62.7. The van der Waals surface area contributed by atoms with Gasteiger partial charge < -0.3 is 24.9 Å². The van der Waals surface area contributed by atoms with Crippen molar-refractivity contribution in [2.24, 2.45) is 0 Å². The molecular weight excluding hydrogens is 692 g/mol. The van der Waals surface area contributed by atoms with Gasteiger partial charge in [-0.3, -0.25) is 9.59 Å². The number of halogens is 6. The fourth-order valence-corrected chi connectivity index (χ4v) is 3.89. The van der Waals surface area contributed by atoms with Crippen LogP contribution in [0.1, 0.15) is 34.1 Å². The van der Waals surface area contributed by atoms with Gasteiger partial charge in [-0.25, -0.2) is 4.39 Å². The van der Waals surface area contributed by atoms with E-state index in [4.69, 9.17) is 32.7 Å². The predicted octanol–water partition coefficient (Wildman–Crippen LogP) is 7.27. The summed E-state index contributed by atoms with van der Waals surface area (Å²) >= 11 is 12.2. The third-order valence-corrected chi connectivity index (χ3v) is 5.85. The summed E-state index contributed by atoms with van der Waals surface area (Å²) in [6, 6.07) is 11.5. The number of ether oxygens (including phenoxy) is 2. The fourth-order valence-electron chi connectivity index (χ4n) is 3.42. The van der Waals surface area contributed by atoms with Crippen molar-refractivity contribution in [2.45, 2.75) is 19.5 Å². The minimum atomic E-state index is -4.72. The Hall–Kier alpha value is -2.91. The zero-order valence-electron chi connectivity index (χ0n) is 21.5. The molecule has 0 saturated carbocycles. The van der Waals surface area contributed by atoms with Crippen molar-refractivity contribution in [3.63, 3.8) is 0 Å². The normalized spacial score (nSPS) is 10.8. The Labute approximate surface area is 262 Å². The minimum Gasteiger partial charge on any atom is -0.620 e. The first-order chi connectivity index (χ1) is 18.9. The maximum absolute atomic E-state index is 14.2. The summed E-state index contributed by atoms with van der Waals surface area (Å²) in [5.74, 6) is -3.55. The van der Waals surface area contributed by atoms with Gasteiger partial charge in [-0.1, -0.05) is 47.1 Å². The Bertz CT molecular complexity index is 1400. The van der Waals surface area contributed by atoms with Crippen molar-refractivity contribution in [1.82, 2.24) is 5.32 Å². The minimum absolute atomic E-state index is 0. The van der Waals surface area contributed by atoms with Gasteiger partial charge in [0.2, 0.25) is 0 Å². The molecule has 14 heteroatoms. The van der Waals surface area contributed by atoms with Crippen LogP contribution in [0.2, 0.25) is 10.0 Å². The summed E-state index contributed by atoms with van der Waals surface area (Å²) in [4.78, 5) is 36.7. The molecule has 0 aliphatic heterocycles. The number of rotatable bonds is 10.